The fourth-order valence-electron chi connectivity index (χ4n) is 0.748. The summed E-state index contributed by atoms with van der Waals surface area (Å²) in [6.07, 6.45) is 8.55. The molecule has 0 saturated heterocycles. The topological polar surface area (TPSA) is 27.0 Å². The van der Waals surface area contributed by atoms with Crippen LogP contribution in [-0.2, 0) is 0 Å². The molecule has 0 fully saturated rings. The monoisotopic (exact) mass is 120 g/mol. The molecule has 0 radical (unpaired) electrons. The SMILES string of the molecule is CC1=CN(C#N)C=CC1. The van der Waals surface area contributed by atoms with E-state index in [1.807, 2.05) is 25.4 Å². The lowest BCUT2D eigenvalue weighted by Crippen LogP contribution is -2.03. The van der Waals surface area contributed by atoms with Crippen LogP contribution >= 0.6 is 0 Å². The Morgan fingerprint density at radius 1 is 1.78 bits per heavy atom. The molecule has 0 aromatic carbocycles. The van der Waals surface area contributed by atoms with Gasteiger partial charge in [-0.15, -0.1) is 0 Å². The predicted molar refractivity (Wildman–Crippen MR) is 35.0 cm³/mol. The van der Waals surface area contributed by atoms with Gasteiger partial charge in [-0.1, -0.05) is 11.6 Å². The van der Waals surface area contributed by atoms with E-state index in [9.17, 15) is 0 Å². The maximum absolute atomic E-state index is 8.39. The van der Waals surface area contributed by atoms with Crippen LogP contribution in [0.5, 0.6) is 0 Å². The average Bonchev–Trinajstić information content (AvgIpc) is 1.88. The Morgan fingerprint density at radius 3 is 3.00 bits per heavy atom. The van der Waals surface area contributed by atoms with Gasteiger partial charge in [-0.2, -0.15) is 5.26 Å². The van der Waals surface area contributed by atoms with Crippen LogP contribution in [0.25, 0.3) is 0 Å². The molecule has 0 saturated carbocycles. The molecule has 0 bridgehead atoms. The van der Waals surface area contributed by atoms with Crippen LogP contribution in [0, 0.1) is 11.5 Å². The number of allylic oxidation sites excluding steroid dienone is 2. The summed E-state index contributed by atoms with van der Waals surface area (Å²) in [4.78, 5) is 1.50. The van der Waals surface area contributed by atoms with Gasteiger partial charge in [0.2, 0.25) is 0 Å². The summed E-state index contributed by atoms with van der Waals surface area (Å²) in [5.74, 6) is 0. The quantitative estimate of drug-likeness (QED) is 0.454. The van der Waals surface area contributed by atoms with E-state index in [-0.39, 0.29) is 0 Å². The molecule has 0 aliphatic carbocycles. The van der Waals surface area contributed by atoms with Crippen molar-refractivity contribution in [2.24, 2.45) is 0 Å². The molecular weight excluding hydrogens is 112 g/mol. The van der Waals surface area contributed by atoms with Crippen molar-refractivity contribution < 1.29 is 0 Å². The number of nitriles is 1. The van der Waals surface area contributed by atoms with Crippen LogP contribution in [0.3, 0.4) is 0 Å². The van der Waals surface area contributed by atoms with Crippen LogP contribution in [0.2, 0.25) is 0 Å². The summed E-state index contributed by atoms with van der Waals surface area (Å²) >= 11 is 0. The third-order valence-corrected chi connectivity index (χ3v) is 1.18. The molecule has 0 aromatic rings. The van der Waals surface area contributed by atoms with Crippen molar-refractivity contribution in [3.8, 4) is 6.19 Å². The van der Waals surface area contributed by atoms with Gasteiger partial charge < -0.3 is 0 Å². The fraction of sp³-hybridized carbons (Fsp3) is 0.286. The van der Waals surface area contributed by atoms with Gasteiger partial charge in [0.25, 0.3) is 0 Å². The molecule has 0 atom stereocenters. The Kier molecular flexibility index (Phi) is 1.55. The maximum atomic E-state index is 8.39. The molecule has 0 unspecified atom stereocenters. The minimum Gasteiger partial charge on any atom is -0.263 e. The standard InChI is InChI=1S/C7H8N2/c1-7-3-2-4-9(5-7)6-8/h2,4-5H,3H2,1H3. The van der Waals surface area contributed by atoms with Gasteiger partial charge in [0.15, 0.2) is 6.19 Å². The average molecular weight is 120 g/mol. The molecule has 0 spiro atoms. The predicted octanol–water partition coefficient (Wildman–Crippen LogP) is 1.59. The van der Waals surface area contributed by atoms with Gasteiger partial charge in [0.05, 0.1) is 0 Å². The summed E-state index contributed by atoms with van der Waals surface area (Å²) in [5.41, 5.74) is 1.22. The van der Waals surface area contributed by atoms with E-state index in [1.54, 1.807) is 6.20 Å². The molecule has 1 aliphatic heterocycles. The first-order valence-electron chi connectivity index (χ1n) is 2.85. The van der Waals surface area contributed by atoms with Gasteiger partial charge in [-0.25, -0.2) is 0 Å². The Hall–Kier alpha value is -1.23. The molecule has 1 rings (SSSR count). The molecule has 9 heavy (non-hydrogen) atoms. The van der Waals surface area contributed by atoms with E-state index in [4.69, 9.17) is 5.26 Å². The smallest absolute Gasteiger partial charge is 0.188 e. The highest BCUT2D eigenvalue weighted by Gasteiger charge is 1.97. The first-order chi connectivity index (χ1) is 4.33. The number of nitrogens with zero attached hydrogens (tertiary/aromatic N) is 2. The van der Waals surface area contributed by atoms with E-state index >= 15 is 0 Å². The largest absolute Gasteiger partial charge is 0.263 e. The second-order valence-corrected chi connectivity index (χ2v) is 2.07. The molecule has 2 nitrogen and oxygen atoms in total. The lowest BCUT2D eigenvalue weighted by atomic mass is 10.2. The van der Waals surface area contributed by atoms with E-state index in [0.29, 0.717) is 0 Å². The highest BCUT2D eigenvalue weighted by atomic mass is 15.1. The Bertz CT molecular complexity index is 195. The lowest BCUT2D eigenvalue weighted by Gasteiger charge is -2.09. The minimum absolute atomic E-state index is 0.970. The van der Waals surface area contributed by atoms with E-state index < -0.39 is 0 Å². The van der Waals surface area contributed by atoms with Gasteiger partial charge >= 0.3 is 0 Å². The van der Waals surface area contributed by atoms with Crippen molar-refractivity contribution in [2.75, 3.05) is 0 Å². The molecule has 2 heteroatoms. The summed E-state index contributed by atoms with van der Waals surface area (Å²) in [5, 5.41) is 8.39. The lowest BCUT2D eigenvalue weighted by molar-refractivity contribution is 0.685. The molecule has 0 amide bonds. The Labute approximate surface area is 54.7 Å². The van der Waals surface area contributed by atoms with Gasteiger partial charge in [-0.05, 0) is 13.3 Å². The van der Waals surface area contributed by atoms with Crippen LogP contribution < -0.4 is 0 Å². The molecule has 46 valence electrons. The van der Waals surface area contributed by atoms with Crippen molar-refractivity contribution >= 4 is 0 Å². The Balaban J connectivity index is 2.69. The highest BCUT2D eigenvalue weighted by molar-refractivity contribution is 5.13. The molecular formula is C7H8N2. The third-order valence-electron chi connectivity index (χ3n) is 1.18. The normalized spacial score (nSPS) is 16.9. The summed E-state index contributed by atoms with van der Waals surface area (Å²) in [6, 6.07) is 0. The first-order valence-corrected chi connectivity index (χ1v) is 2.85. The van der Waals surface area contributed by atoms with Crippen molar-refractivity contribution in [1.82, 2.24) is 4.90 Å². The fourth-order valence-corrected chi connectivity index (χ4v) is 0.748. The van der Waals surface area contributed by atoms with E-state index in [2.05, 4.69) is 0 Å². The maximum Gasteiger partial charge on any atom is 0.188 e. The first kappa shape index (κ1) is 5.90. The zero-order chi connectivity index (χ0) is 6.69. The minimum atomic E-state index is 0.970. The molecule has 0 N–H and O–H groups in total. The van der Waals surface area contributed by atoms with Crippen LogP contribution in [0.1, 0.15) is 13.3 Å². The number of rotatable bonds is 0. The second-order valence-electron chi connectivity index (χ2n) is 2.07. The van der Waals surface area contributed by atoms with Gasteiger partial charge in [0, 0.05) is 12.4 Å². The molecule has 1 aliphatic rings. The van der Waals surface area contributed by atoms with E-state index in [0.717, 1.165) is 6.42 Å². The van der Waals surface area contributed by atoms with Crippen LogP contribution in [0.4, 0.5) is 0 Å². The van der Waals surface area contributed by atoms with Crippen LogP contribution in [0.15, 0.2) is 24.0 Å². The number of hydrogen-bond acceptors (Lipinski definition) is 2. The molecule has 0 aromatic heterocycles. The zero-order valence-electron chi connectivity index (χ0n) is 5.33. The molecule has 1 heterocycles. The van der Waals surface area contributed by atoms with Crippen molar-refractivity contribution in [3.05, 3.63) is 24.0 Å². The second kappa shape index (κ2) is 2.36. The summed E-state index contributed by atoms with van der Waals surface area (Å²) < 4.78 is 0. The highest BCUT2D eigenvalue weighted by Crippen LogP contribution is 2.08. The summed E-state index contributed by atoms with van der Waals surface area (Å²) in [7, 11) is 0. The van der Waals surface area contributed by atoms with Crippen molar-refractivity contribution in [1.29, 1.82) is 5.26 Å². The third kappa shape index (κ3) is 1.33. The summed E-state index contributed by atoms with van der Waals surface area (Å²) in [6.45, 7) is 2.01. The zero-order valence-corrected chi connectivity index (χ0v) is 5.33. The Morgan fingerprint density at radius 2 is 2.56 bits per heavy atom. The number of hydrogen-bond donors (Lipinski definition) is 0. The van der Waals surface area contributed by atoms with Crippen molar-refractivity contribution in [3.63, 3.8) is 0 Å². The van der Waals surface area contributed by atoms with E-state index in [1.165, 1.54) is 10.5 Å². The van der Waals surface area contributed by atoms with Gasteiger partial charge in [-0.3, -0.25) is 4.90 Å². The van der Waals surface area contributed by atoms with Crippen molar-refractivity contribution in [2.45, 2.75) is 13.3 Å². The van der Waals surface area contributed by atoms with Gasteiger partial charge in [0.1, 0.15) is 0 Å². The van der Waals surface area contributed by atoms with Crippen LogP contribution in [-0.4, -0.2) is 4.90 Å².